The van der Waals surface area contributed by atoms with E-state index in [1.807, 2.05) is 19.9 Å². The van der Waals surface area contributed by atoms with E-state index in [1.165, 1.54) is 0 Å². The van der Waals surface area contributed by atoms with Gasteiger partial charge in [-0.05, 0) is 37.6 Å². The number of anilines is 1. The first-order chi connectivity index (χ1) is 9.52. The second-order valence-electron chi connectivity index (χ2n) is 4.54. The summed E-state index contributed by atoms with van der Waals surface area (Å²) in [5.41, 5.74) is 2.83. The number of nitriles is 1. The number of nitrogens with one attached hydrogen (secondary N) is 1. The van der Waals surface area contributed by atoms with Crippen molar-refractivity contribution in [1.82, 2.24) is 4.57 Å². The first-order valence-electron chi connectivity index (χ1n) is 6.14. The van der Waals surface area contributed by atoms with Gasteiger partial charge in [-0.15, -0.1) is 0 Å². The molecule has 0 bridgehead atoms. The Balaban J connectivity index is 2.18. The highest BCUT2D eigenvalue weighted by molar-refractivity contribution is 6.33. The molecular weight excluding hydrogens is 274 g/mol. The maximum absolute atomic E-state index is 12.1. The number of aryl methyl sites for hydroxylation is 2. The number of rotatable bonds is 3. The molecule has 0 aliphatic carbocycles. The van der Waals surface area contributed by atoms with Crippen LogP contribution in [0.5, 0.6) is 0 Å². The molecule has 0 radical (unpaired) electrons. The largest absolute Gasteiger partial charge is 0.327 e. The van der Waals surface area contributed by atoms with E-state index in [2.05, 4.69) is 11.4 Å². The fraction of sp³-hybridized carbons (Fsp3) is 0.200. The van der Waals surface area contributed by atoms with Crippen LogP contribution in [0.1, 0.15) is 17.0 Å². The van der Waals surface area contributed by atoms with Crippen molar-refractivity contribution in [1.29, 1.82) is 5.26 Å². The quantitative estimate of drug-likeness (QED) is 0.942. The van der Waals surface area contributed by atoms with Crippen LogP contribution in [0, 0.1) is 25.2 Å². The smallest absolute Gasteiger partial charge is 0.244 e. The van der Waals surface area contributed by atoms with Crippen molar-refractivity contribution in [3.63, 3.8) is 0 Å². The maximum Gasteiger partial charge on any atom is 0.244 e. The molecule has 1 N–H and O–H groups in total. The molecule has 1 amide bonds. The van der Waals surface area contributed by atoms with E-state index >= 15 is 0 Å². The molecule has 1 heterocycles. The molecule has 20 heavy (non-hydrogen) atoms. The lowest BCUT2D eigenvalue weighted by atomic mass is 10.3. The van der Waals surface area contributed by atoms with Crippen molar-refractivity contribution >= 4 is 23.2 Å². The van der Waals surface area contributed by atoms with Crippen LogP contribution in [-0.2, 0) is 11.3 Å². The van der Waals surface area contributed by atoms with Crippen molar-refractivity contribution in [2.24, 2.45) is 0 Å². The zero-order valence-corrected chi connectivity index (χ0v) is 12.0. The number of carbonyl (C=O) groups is 1. The Hall–Kier alpha value is -2.25. The zero-order valence-electron chi connectivity index (χ0n) is 11.3. The van der Waals surface area contributed by atoms with Gasteiger partial charge in [0.1, 0.15) is 18.3 Å². The Morgan fingerprint density at radius 1 is 1.40 bits per heavy atom. The van der Waals surface area contributed by atoms with Crippen LogP contribution in [0.2, 0.25) is 5.02 Å². The standard InChI is InChI=1S/C15H14ClN3O/c1-10-7-11(2)19(14(10)8-17)9-15(20)18-13-6-4-3-5-12(13)16/h3-7H,9H2,1-2H3,(H,18,20). The fourth-order valence-electron chi connectivity index (χ4n) is 2.10. The number of amides is 1. The molecule has 5 heteroatoms. The van der Waals surface area contributed by atoms with Crippen molar-refractivity contribution in [3.8, 4) is 6.07 Å². The van der Waals surface area contributed by atoms with E-state index in [1.54, 1.807) is 28.8 Å². The highest BCUT2D eigenvalue weighted by Gasteiger charge is 2.13. The van der Waals surface area contributed by atoms with Crippen molar-refractivity contribution in [3.05, 3.63) is 52.3 Å². The average molecular weight is 288 g/mol. The van der Waals surface area contributed by atoms with Gasteiger partial charge < -0.3 is 9.88 Å². The van der Waals surface area contributed by atoms with Gasteiger partial charge in [-0.3, -0.25) is 4.79 Å². The third-order valence-corrected chi connectivity index (χ3v) is 3.38. The molecule has 0 aliphatic heterocycles. The maximum atomic E-state index is 12.1. The second kappa shape index (κ2) is 5.81. The van der Waals surface area contributed by atoms with Crippen LogP contribution >= 0.6 is 11.6 Å². The summed E-state index contributed by atoms with van der Waals surface area (Å²) in [7, 11) is 0. The Labute approximate surface area is 122 Å². The molecule has 4 nitrogen and oxygen atoms in total. The highest BCUT2D eigenvalue weighted by atomic mass is 35.5. The lowest BCUT2D eigenvalue weighted by molar-refractivity contribution is -0.116. The Morgan fingerprint density at radius 2 is 2.10 bits per heavy atom. The van der Waals surface area contributed by atoms with Crippen molar-refractivity contribution in [2.75, 3.05) is 5.32 Å². The summed E-state index contributed by atoms with van der Waals surface area (Å²) < 4.78 is 1.70. The molecule has 0 fully saturated rings. The van der Waals surface area contributed by atoms with Crippen molar-refractivity contribution < 1.29 is 4.79 Å². The number of hydrogen-bond acceptors (Lipinski definition) is 2. The number of nitrogens with zero attached hydrogens (tertiary/aromatic N) is 2. The van der Waals surface area contributed by atoms with E-state index in [0.29, 0.717) is 16.4 Å². The number of para-hydroxylation sites is 1. The van der Waals surface area contributed by atoms with Gasteiger partial charge in [0.25, 0.3) is 0 Å². The minimum Gasteiger partial charge on any atom is -0.327 e. The molecule has 1 aromatic carbocycles. The Morgan fingerprint density at radius 3 is 2.75 bits per heavy atom. The van der Waals surface area contributed by atoms with Gasteiger partial charge in [0.15, 0.2) is 0 Å². The lowest BCUT2D eigenvalue weighted by Gasteiger charge is -2.10. The molecule has 0 spiro atoms. The van der Waals surface area contributed by atoms with Crippen LogP contribution in [0.4, 0.5) is 5.69 Å². The summed E-state index contributed by atoms with van der Waals surface area (Å²) in [6.45, 7) is 3.82. The second-order valence-corrected chi connectivity index (χ2v) is 4.95. The lowest BCUT2D eigenvalue weighted by Crippen LogP contribution is -2.20. The van der Waals surface area contributed by atoms with Gasteiger partial charge in [0, 0.05) is 5.69 Å². The van der Waals surface area contributed by atoms with E-state index in [9.17, 15) is 4.79 Å². The van der Waals surface area contributed by atoms with Gasteiger partial charge in [0.05, 0.1) is 10.7 Å². The van der Waals surface area contributed by atoms with E-state index < -0.39 is 0 Å². The van der Waals surface area contributed by atoms with E-state index in [4.69, 9.17) is 16.9 Å². The first-order valence-corrected chi connectivity index (χ1v) is 6.52. The Bertz CT molecular complexity index is 698. The Kier molecular flexibility index (Phi) is 4.11. The summed E-state index contributed by atoms with van der Waals surface area (Å²) in [5, 5.41) is 12.4. The SMILES string of the molecule is Cc1cc(C)n(CC(=O)Nc2ccccc2Cl)c1C#N. The monoisotopic (exact) mass is 287 g/mol. The molecule has 0 saturated carbocycles. The number of halogens is 1. The molecule has 0 atom stereocenters. The van der Waals surface area contributed by atoms with Gasteiger partial charge >= 0.3 is 0 Å². The molecular formula is C15H14ClN3O. The number of hydrogen-bond donors (Lipinski definition) is 1. The van der Waals surface area contributed by atoms with Crippen LogP contribution in [0.3, 0.4) is 0 Å². The van der Waals surface area contributed by atoms with Crippen LogP contribution in [-0.4, -0.2) is 10.5 Å². The molecule has 102 valence electrons. The number of benzene rings is 1. The molecule has 2 aromatic rings. The highest BCUT2D eigenvalue weighted by Crippen LogP contribution is 2.21. The van der Waals surface area contributed by atoms with Crippen LogP contribution in [0.25, 0.3) is 0 Å². The third-order valence-electron chi connectivity index (χ3n) is 3.05. The minimum absolute atomic E-state index is 0.0911. The van der Waals surface area contributed by atoms with Gasteiger partial charge in [-0.2, -0.15) is 5.26 Å². The molecule has 0 aliphatic rings. The predicted molar refractivity (Wildman–Crippen MR) is 78.7 cm³/mol. The molecule has 0 saturated heterocycles. The number of carbonyl (C=O) groups excluding carboxylic acids is 1. The molecule has 0 unspecified atom stereocenters. The van der Waals surface area contributed by atoms with Gasteiger partial charge in [0.2, 0.25) is 5.91 Å². The first kappa shape index (κ1) is 14.2. The fourth-order valence-corrected chi connectivity index (χ4v) is 2.28. The third kappa shape index (κ3) is 2.84. The van der Waals surface area contributed by atoms with Crippen LogP contribution < -0.4 is 5.32 Å². The molecule has 2 rings (SSSR count). The number of aromatic nitrogens is 1. The van der Waals surface area contributed by atoms with E-state index in [0.717, 1.165) is 11.3 Å². The topological polar surface area (TPSA) is 57.8 Å². The zero-order chi connectivity index (χ0) is 14.7. The van der Waals surface area contributed by atoms with Gasteiger partial charge in [-0.1, -0.05) is 23.7 Å². The molecule has 1 aromatic heterocycles. The minimum atomic E-state index is -0.215. The van der Waals surface area contributed by atoms with E-state index in [-0.39, 0.29) is 12.5 Å². The predicted octanol–water partition coefficient (Wildman–Crippen LogP) is 3.27. The summed E-state index contributed by atoms with van der Waals surface area (Å²) in [6, 6.07) is 11.1. The van der Waals surface area contributed by atoms with Crippen LogP contribution in [0.15, 0.2) is 30.3 Å². The van der Waals surface area contributed by atoms with Gasteiger partial charge in [-0.25, -0.2) is 0 Å². The average Bonchev–Trinajstić information content (AvgIpc) is 2.66. The summed E-state index contributed by atoms with van der Waals surface area (Å²) in [4.78, 5) is 12.1. The summed E-state index contributed by atoms with van der Waals surface area (Å²) >= 11 is 5.99. The normalized spacial score (nSPS) is 10.1. The summed E-state index contributed by atoms with van der Waals surface area (Å²) in [5.74, 6) is -0.215. The summed E-state index contributed by atoms with van der Waals surface area (Å²) in [6.07, 6.45) is 0. The van der Waals surface area contributed by atoms with Crippen molar-refractivity contribution in [2.45, 2.75) is 20.4 Å².